The maximum Gasteiger partial charge on any atom is 0.223 e. The standard InChI is InChI=1S/C17H24N2O2/c1-12(2)19(11-13(3)20)17(21)9-8-14-10-18-16-7-5-4-6-15(14)16/h4-7,10,12-13,18,20H,8-9,11H2,1-3H3. The fourth-order valence-electron chi connectivity index (χ4n) is 2.61. The van der Waals surface area contributed by atoms with Crippen LogP contribution in [0, 0.1) is 0 Å². The van der Waals surface area contributed by atoms with Crippen molar-refractivity contribution in [3.05, 3.63) is 36.0 Å². The summed E-state index contributed by atoms with van der Waals surface area (Å²) in [6.07, 6.45) is 2.66. The van der Waals surface area contributed by atoms with Crippen LogP contribution in [0.4, 0.5) is 0 Å². The molecule has 0 aliphatic heterocycles. The molecule has 0 saturated heterocycles. The van der Waals surface area contributed by atoms with Gasteiger partial charge in [0.25, 0.3) is 0 Å². The summed E-state index contributed by atoms with van der Waals surface area (Å²) in [6, 6.07) is 8.22. The quantitative estimate of drug-likeness (QED) is 0.858. The predicted octanol–water partition coefficient (Wildman–Crippen LogP) is 2.72. The van der Waals surface area contributed by atoms with E-state index in [2.05, 4.69) is 11.1 Å². The van der Waals surface area contributed by atoms with Gasteiger partial charge in [-0.1, -0.05) is 18.2 Å². The number of hydrogen-bond acceptors (Lipinski definition) is 2. The van der Waals surface area contributed by atoms with Crippen molar-refractivity contribution in [1.29, 1.82) is 0 Å². The maximum atomic E-state index is 12.4. The van der Waals surface area contributed by atoms with E-state index in [4.69, 9.17) is 0 Å². The van der Waals surface area contributed by atoms with E-state index in [1.165, 1.54) is 10.9 Å². The number of benzene rings is 1. The third-order valence-electron chi connectivity index (χ3n) is 3.69. The number of fused-ring (bicyclic) bond motifs is 1. The van der Waals surface area contributed by atoms with Gasteiger partial charge in [0.15, 0.2) is 0 Å². The van der Waals surface area contributed by atoms with Crippen molar-refractivity contribution < 1.29 is 9.90 Å². The molecule has 0 fully saturated rings. The molecule has 0 spiro atoms. The Kier molecular flexibility index (Phi) is 5.02. The Labute approximate surface area is 125 Å². The molecule has 2 aromatic rings. The van der Waals surface area contributed by atoms with E-state index >= 15 is 0 Å². The van der Waals surface area contributed by atoms with Crippen LogP contribution in [0.15, 0.2) is 30.5 Å². The second-order valence-corrected chi connectivity index (χ2v) is 5.85. The smallest absolute Gasteiger partial charge is 0.223 e. The number of aliphatic hydroxyl groups excluding tert-OH is 1. The number of hydrogen-bond donors (Lipinski definition) is 2. The van der Waals surface area contributed by atoms with Crippen molar-refractivity contribution in [2.75, 3.05) is 6.54 Å². The number of carbonyl (C=O) groups excluding carboxylic acids is 1. The van der Waals surface area contributed by atoms with Gasteiger partial charge < -0.3 is 15.0 Å². The summed E-state index contributed by atoms with van der Waals surface area (Å²) < 4.78 is 0. The first-order valence-corrected chi connectivity index (χ1v) is 7.51. The highest BCUT2D eigenvalue weighted by atomic mass is 16.3. The molecule has 0 bridgehead atoms. The minimum absolute atomic E-state index is 0.0937. The molecule has 0 radical (unpaired) electrons. The summed E-state index contributed by atoms with van der Waals surface area (Å²) in [7, 11) is 0. The second-order valence-electron chi connectivity index (χ2n) is 5.85. The second kappa shape index (κ2) is 6.76. The van der Waals surface area contributed by atoms with E-state index in [0.29, 0.717) is 19.4 Å². The Balaban J connectivity index is 2.02. The van der Waals surface area contributed by atoms with Gasteiger partial charge in [0.1, 0.15) is 0 Å². The summed E-state index contributed by atoms with van der Waals surface area (Å²) in [5.41, 5.74) is 2.27. The van der Waals surface area contributed by atoms with Crippen LogP contribution >= 0.6 is 0 Å². The first-order valence-electron chi connectivity index (χ1n) is 7.51. The molecule has 1 unspecified atom stereocenters. The molecular weight excluding hydrogens is 264 g/mol. The Hall–Kier alpha value is -1.81. The number of H-pyrrole nitrogens is 1. The van der Waals surface area contributed by atoms with Gasteiger partial charge in [0.2, 0.25) is 5.91 Å². The molecule has 2 N–H and O–H groups in total. The van der Waals surface area contributed by atoms with Crippen molar-refractivity contribution in [3.63, 3.8) is 0 Å². The number of para-hydroxylation sites is 1. The lowest BCUT2D eigenvalue weighted by molar-refractivity contribution is -0.134. The monoisotopic (exact) mass is 288 g/mol. The Bertz CT molecular complexity index is 602. The third-order valence-corrected chi connectivity index (χ3v) is 3.69. The lowest BCUT2D eigenvalue weighted by Gasteiger charge is -2.28. The number of amides is 1. The van der Waals surface area contributed by atoms with E-state index in [0.717, 1.165) is 5.52 Å². The molecule has 0 aliphatic rings. The SMILES string of the molecule is CC(O)CN(C(=O)CCc1c[nH]c2ccccc12)C(C)C. The minimum atomic E-state index is -0.496. The summed E-state index contributed by atoms with van der Waals surface area (Å²) in [4.78, 5) is 17.3. The van der Waals surface area contributed by atoms with Gasteiger partial charge in [-0.25, -0.2) is 0 Å². The zero-order chi connectivity index (χ0) is 15.4. The Morgan fingerprint density at radius 2 is 2.00 bits per heavy atom. The van der Waals surface area contributed by atoms with Crippen LogP contribution in [-0.2, 0) is 11.2 Å². The highest BCUT2D eigenvalue weighted by Gasteiger charge is 2.18. The summed E-state index contributed by atoms with van der Waals surface area (Å²) in [5.74, 6) is 0.0937. The number of carbonyl (C=O) groups is 1. The van der Waals surface area contributed by atoms with Gasteiger partial charge in [-0.2, -0.15) is 0 Å². The lowest BCUT2D eigenvalue weighted by atomic mass is 10.1. The fraction of sp³-hybridized carbons (Fsp3) is 0.471. The van der Waals surface area contributed by atoms with E-state index in [9.17, 15) is 9.90 Å². The topological polar surface area (TPSA) is 56.3 Å². The molecular formula is C17H24N2O2. The molecule has 4 nitrogen and oxygen atoms in total. The van der Waals surface area contributed by atoms with Crippen LogP contribution in [0.25, 0.3) is 10.9 Å². The van der Waals surface area contributed by atoms with Crippen LogP contribution < -0.4 is 0 Å². The van der Waals surface area contributed by atoms with E-state index in [1.807, 2.05) is 38.2 Å². The number of rotatable bonds is 6. The molecule has 114 valence electrons. The highest BCUT2D eigenvalue weighted by Crippen LogP contribution is 2.19. The molecule has 0 saturated carbocycles. The Morgan fingerprint density at radius 3 is 2.67 bits per heavy atom. The van der Waals surface area contributed by atoms with Crippen LogP contribution in [0.3, 0.4) is 0 Å². The summed E-state index contributed by atoms with van der Waals surface area (Å²) in [5, 5.41) is 10.7. The van der Waals surface area contributed by atoms with Gasteiger partial charge in [-0.15, -0.1) is 0 Å². The predicted molar refractivity (Wildman–Crippen MR) is 85.1 cm³/mol. The van der Waals surface area contributed by atoms with Crippen LogP contribution in [0.1, 0.15) is 32.8 Å². The first kappa shape index (κ1) is 15.6. The normalized spacial score (nSPS) is 12.8. The van der Waals surface area contributed by atoms with E-state index in [-0.39, 0.29) is 11.9 Å². The molecule has 1 amide bonds. The van der Waals surface area contributed by atoms with Crippen molar-refractivity contribution >= 4 is 16.8 Å². The van der Waals surface area contributed by atoms with Gasteiger partial charge in [0.05, 0.1) is 6.10 Å². The molecule has 1 atom stereocenters. The number of aromatic amines is 1. The highest BCUT2D eigenvalue weighted by molar-refractivity contribution is 5.84. The van der Waals surface area contributed by atoms with Crippen molar-refractivity contribution in [2.45, 2.75) is 45.8 Å². The number of aliphatic hydroxyl groups is 1. The van der Waals surface area contributed by atoms with Crippen molar-refractivity contribution in [2.24, 2.45) is 0 Å². The maximum absolute atomic E-state index is 12.4. The van der Waals surface area contributed by atoms with Gasteiger partial charge in [0, 0.05) is 36.1 Å². The lowest BCUT2D eigenvalue weighted by Crippen LogP contribution is -2.41. The van der Waals surface area contributed by atoms with Crippen LogP contribution in [0.2, 0.25) is 0 Å². The Morgan fingerprint density at radius 1 is 1.29 bits per heavy atom. The molecule has 0 aliphatic carbocycles. The minimum Gasteiger partial charge on any atom is -0.392 e. The first-order chi connectivity index (χ1) is 9.99. The molecule has 1 heterocycles. The zero-order valence-electron chi connectivity index (χ0n) is 13.0. The van der Waals surface area contributed by atoms with Gasteiger partial charge >= 0.3 is 0 Å². The molecule has 2 rings (SSSR count). The van der Waals surface area contributed by atoms with Crippen molar-refractivity contribution in [1.82, 2.24) is 9.88 Å². The number of aryl methyl sites for hydroxylation is 1. The molecule has 21 heavy (non-hydrogen) atoms. The fourth-order valence-corrected chi connectivity index (χ4v) is 2.61. The van der Waals surface area contributed by atoms with Crippen molar-refractivity contribution in [3.8, 4) is 0 Å². The van der Waals surface area contributed by atoms with Gasteiger partial charge in [-0.05, 0) is 38.8 Å². The van der Waals surface area contributed by atoms with Gasteiger partial charge in [-0.3, -0.25) is 4.79 Å². The molecule has 1 aromatic carbocycles. The average Bonchev–Trinajstić information content (AvgIpc) is 2.85. The largest absolute Gasteiger partial charge is 0.392 e. The number of nitrogens with one attached hydrogen (secondary N) is 1. The average molecular weight is 288 g/mol. The molecule has 4 heteroatoms. The van der Waals surface area contributed by atoms with Crippen LogP contribution in [0.5, 0.6) is 0 Å². The van der Waals surface area contributed by atoms with E-state index in [1.54, 1.807) is 11.8 Å². The van der Waals surface area contributed by atoms with Crippen LogP contribution in [-0.4, -0.2) is 39.6 Å². The zero-order valence-corrected chi connectivity index (χ0v) is 13.0. The summed E-state index contributed by atoms with van der Waals surface area (Å²) in [6.45, 7) is 6.06. The number of nitrogens with zero attached hydrogens (tertiary/aromatic N) is 1. The molecule has 1 aromatic heterocycles. The van der Waals surface area contributed by atoms with E-state index < -0.39 is 6.10 Å². The number of aromatic nitrogens is 1. The summed E-state index contributed by atoms with van der Waals surface area (Å²) >= 11 is 0. The third kappa shape index (κ3) is 3.85.